The van der Waals surface area contributed by atoms with E-state index in [9.17, 15) is 14.9 Å². The van der Waals surface area contributed by atoms with Crippen LogP contribution in [-0.2, 0) is 13.0 Å². The average molecular weight is 376 g/mol. The number of hydrogen-bond acceptors (Lipinski definition) is 4. The summed E-state index contributed by atoms with van der Waals surface area (Å²) >= 11 is 0. The Hall–Kier alpha value is -3.48. The molecule has 0 fully saturated rings. The van der Waals surface area contributed by atoms with E-state index >= 15 is 0 Å². The van der Waals surface area contributed by atoms with Crippen LogP contribution in [0.25, 0.3) is 0 Å². The van der Waals surface area contributed by atoms with Crippen LogP contribution in [0.5, 0.6) is 0 Å². The predicted molar refractivity (Wildman–Crippen MR) is 104 cm³/mol. The standard InChI is InChI=1S/C21H20N4O3/c26-21(16-8-4-9-17(12-16)25(27)28)23-19-10-5-11-20-18(19)13-22-24(20)14-15-6-2-1-3-7-15/h1-4,6-9,12-13,19H,5,10-11,14H2,(H,23,26). The molecule has 1 aliphatic rings. The van der Waals surface area contributed by atoms with Gasteiger partial charge in [-0.1, -0.05) is 36.4 Å². The highest BCUT2D eigenvalue weighted by Gasteiger charge is 2.26. The smallest absolute Gasteiger partial charge is 0.270 e. The predicted octanol–water partition coefficient (Wildman–Crippen LogP) is 3.65. The van der Waals surface area contributed by atoms with Crippen LogP contribution in [0.15, 0.2) is 60.8 Å². The van der Waals surface area contributed by atoms with Gasteiger partial charge in [0.2, 0.25) is 0 Å². The molecule has 7 nitrogen and oxygen atoms in total. The average Bonchev–Trinajstić information content (AvgIpc) is 3.13. The molecule has 0 saturated carbocycles. The van der Waals surface area contributed by atoms with E-state index in [2.05, 4.69) is 22.5 Å². The highest BCUT2D eigenvalue weighted by molar-refractivity contribution is 5.95. The normalized spacial score (nSPS) is 15.6. The first kappa shape index (κ1) is 17.9. The number of nitrogens with one attached hydrogen (secondary N) is 1. The number of fused-ring (bicyclic) bond motifs is 1. The lowest BCUT2D eigenvalue weighted by molar-refractivity contribution is -0.384. The van der Waals surface area contributed by atoms with Gasteiger partial charge < -0.3 is 5.32 Å². The van der Waals surface area contributed by atoms with E-state index in [-0.39, 0.29) is 23.2 Å². The summed E-state index contributed by atoms with van der Waals surface area (Å²) in [5, 5.41) is 18.5. The van der Waals surface area contributed by atoms with Gasteiger partial charge in [0, 0.05) is 29.0 Å². The second kappa shape index (κ2) is 7.64. The summed E-state index contributed by atoms with van der Waals surface area (Å²) in [7, 11) is 0. The molecule has 1 aromatic heterocycles. The van der Waals surface area contributed by atoms with Gasteiger partial charge in [-0.3, -0.25) is 19.6 Å². The van der Waals surface area contributed by atoms with Crippen molar-refractivity contribution < 1.29 is 9.72 Å². The second-order valence-electron chi connectivity index (χ2n) is 6.92. The van der Waals surface area contributed by atoms with Crippen LogP contribution in [-0.4, -0.2) is 20.6 Å². The lowest BCUT2D eigenvalue weighted by Crippen LogP contribution is -2.31. The fourth-order valence-electron chi connectivity index (χ4n) is 3.66. The summed E-state index contributed by atoms with van der Waals surface area (Å²) in [5.74, 6) is -0.308. The first-order valence-electron chi connectivity index (χ1n) is 9.25. The van der Waals surface area contributed by atoms with Crippen molar-refractivity contribution in [1.29, 1.82) is 0 Å². The number of benzene rings is 2. The number of carbonyl (C=O) groups excluding carboxylic acids is 1. The molecule has 1 unspecified atom stereocenters. The monoisotopic (exact) mass is 376 g/mol. The molecular weight excluding hydrogens is 356 g/mol. The maximum Gasteiger partial charge on any atom is 0.270 e. The van der Waals surface area contributed by atoms with Crippen LogP contribution >= 0.6 is 0 Å². The van der Waals surface area contributed by atoms with Gasteiger partial charge in [-0.25, -0.2) is 0 Å². The van der Waals surface area contributed by atoms with Crippen molar-refractivity contribution in [3.8, 4) is 0 Å². The Morgan fingerprint density at radius 2 is 2.04 bits per heavy atom. The molecule has 1 aliphatic carbocycles. The first-order valence-corrected chi connectivity index (χ1v) is 9.25. The fraction of sp³-hybridized carbons (Fsp3) is 0.238. The summed E-state index contributed by atoms with van der Waals surface area (Å²) in [6, 6.07) is 15.8. The van der Waals surface area contributed by atoms with Crippen LogP contribution in [0.4, 0.5) is 5.69 Å². The Balaban J connectivity index is 1.53. The van der Waals surface area contributed by atoms with E-state index in [0.717, 1.165) is 30.5 Å². The summed E-state index contributed by atoms with van der Waals surface area (Å²) in [4.78, 5) is 23.1. The van der Waals surface area contributed by atoms with E-state index in [1.165, 1.54) is 23.8 Å². The Morgan fingerprint density at radius 1 is 1.21 bits per heavy atom. The van der Waals surface area contributed by atoms with Crippen LogP contribution in [0.2, 0.25) is 0 Å². The van der Waals surface area contributed by atoms with Gasteiger partial charge in [-0.15, -0.1) is 0 Å². The highest BCUT2D eigenvalue weighted by Crippen LogP contribution is 2.30. The molecule has 0 radical (unpaired) electrons. The minimum atomic E-state index is -0.497. The number of nitro benzene ring substituents is 1. The zero-order valence-electron chi connectivity index (χ0n) is 15.2. The van der Waals surface area contributed by atoms with E-state index in [1.54, 1.807) is 6.07 Å². The number of carbonyl (C=O) groups is 1. The number of rotatable bonds is 5. The molecule has 0 spiro atoms. The van der Waals surface area contributed by atoms with Crippen molar-refractivity contribution in [3.05, 3.63) is 93.3 Å². The fourth-order valence-corrected chi connectivity index (χ4v) is 3.66. The first-order chi connectivity index (χ1) is 13.6. The lowest BCUT2D eigenvalue weighted by atomic mass is 9.92. The second-order valence-corrected chi connectivity index (χ2v) is 6.92. The van der Waals surface area contributed by atoms with E-state index < -0.39 is 4.92 Å². The van der Waals surface area contributed by atoms with Gasteiger partial charge in [0.25, 0.3) is 11.6 Å². The molecule has 1 amide bonds. The SMILES string of the molecule is O=C(NC1CCCc2c1cnn2Cc1ccccc1)c1cccc([N+](=O)[O-])c1. The van der Waals surface area contributed by atoms with Crippen molar-refractivity contribution in [3.63, 3.8) is 0 Å². The third-order valence-electron chi connectivity index (χ3n) is 5.06. The molecule has 0 aliphatic heterocycles. The van der Waals surface area contributed by atoms with Crippen molar-refractivity contribution >= 4 is 11.6 Å². The number of hydrogen-bond donors (Lipinski definition) is 1. The maximum absolute atomic E-state index is 12.6. The lowest BCUT2D eigenvalue weighted by Gasteiger charge is -2.24. The Labute approximate surface area is 162 Å². The van der Waals surface area contributed by atoms with Crippen molar-refractivity contribution in [2.75, 3.05) is 0 Å². The topological polar surface area (TPSA) is 90.1 Å². The van der Waals surface area contributed by atoms with E-state index in [4.69, 9.17) is 0 Å². The summed E-state index contributed by atoms with van der Waals surface area (Å²) in [6.07, 6.45) is 4.53. The third-order valence-corrected chi connectivity index (χ3v) is 5.06. The van der Waals surface area contributed by atoms with Crippen molar-refractivity contribution in [1.82, 2.24) is 15.1 Å². The largest absolute Gasteiger partial charge is 0.345 e. The molecule has 1 atom stereocenters. The Bertz CT molecular complexity index is 1010. The minimum Gasteiger partial charge on any atom is -0.345 e. The Kier molecular flexibility index (Phi) is 4.89. The summed E-state index contributed by atoms with van der Waals surface area (Å²) in [5.41, 5.74) is 3.54. The molecule has 3 aromatic rings. The van der Waals surface area contributed by atoms with Gasteiger partial charge in [0.05, 0.1) is 23.7 Å². The molecule has 7 heteroatoms. The molecule has 4 rings (SSSR count). The molecule has 142 valence electrons. The number of non-ortho nitro benzene ring substituents is 1. The summed E-state index contributed by atoms with van der Waals surface area (Å²) in [6.45, 7) is 0.696. The molecule has 1 heterocycles. The molecule has 28 heavy (non-hydrogen) atoms. The maximum atomic E-state index is 12.6. The van der Waals surface area contributed by atoms with Crippen molar-refractivity contribution in [2.45, 2.75) is 31.8 Å². The van der Waals surface area contributed by atoms with Crippen LogP contribution in [0, 0.1) is 10.1 Å². The minimum absolute atomic E-state index is 0.0901. The van der Waals surface area contributed by atoms with Crippen LogP contribution in [0.3, 0.4) is 0 Å². The summed E-state index contributed by atoms with van der Waals surface area (Å²) < 4.78 is 2.00. The zero-order chi connectivity index (χ0) is 19.5. The van der Waals surface area contributed by atoms with E-state index in [0.29, 0.717) is 6.54 Å². The van der Waals surface area contributed by atoms with Gasteiger partial charge in [-0.2, -0.15) is 5.10 Å². The van der Waals surface area contributed by atoms with Gasteiger partial charge in [-0.05, 0) is 30.9 Å². The number of nitro groups is 1. The Morgan fingerprint density at radius 3 is 2.82 bits per heavy atom. The quantitative estimate of drug-likeness (QED) is 0.544. The van der Waals surface area contributed by atoms with Crippen LogP contribution in [0.1, 0.15) is 46.1 Å². The van der Waals surface area contributed by atoms with E-state index in [1.807, 2.05) is 29.1 Å². The number of nitrogens with zero attached hydrogens (tertiary/aromatic N) is 3. The van der Waals surface area contributed by atoms with Gasteiger partial charge >= 0.3 is 0 Å². The molecule has 0 bridgehead atoms. The van der Waals surface area contributed by atoms with Crippen LogP contribution < -0.4 is 5.32 Å². The molecular formula is C21H20N4O3. The van der Waals surface area contributed by atoms with Crippen molar-refractivity contribution in [2.24, 2.45) is 0 Å². The number of aromatic nitrogens is 2. The van der Waals surface area contributed by atoms with Gasteiger partial charge in [0.1, 0.15) is 0 Å². The third kappa shape index (κ3) is 3.64. The van der Waals surface area contributed by atoms with Gasteiger partial charge in [0.15, 0.2) is 0 Å². The molecule has 1 N–H and O–H groups in total. The molecule has 2 aromatic carbocycles. The highest BCUT2D eigenvalue weighted by atomic mass is 16.6. The number of amides is 1. The molecule has 0 saturated heterocycles. The zero-order valence-corrected chi connectivity index (χ0v) is 15.2.